The van der Waals surface area contributed by atoms with Gasteiger partial charge in [-0.15, -0.1) is 0 Å². The standard InChI is InChI=1S/C26H27FN2O2/c1-19-8-10-22(11-9-19)17-28-26(31)25(16-21-6-4-3-5-7-21)29(20(2)30)18-23-12-14-24(27)15-13-23/h3-15,25H,16-18H2,1-2H3,(H,28,31). The van der Waals surface area contributed by atoms with Gasteiger partial charge in [-0.05, 0) is 35.7 Å². The summed E-state index contributed by atoms with van der Waals surface area (Å²) in [6.07, 6.45) is 0.390. The van der Waals surface area contributed by atoms with E-state index < -0.39 is 6.04 Å². The van der Waals surface area contributed by atoms with E-state index in [2.05, 4.69) is 5.32 Å². The summed E-state index contributed by atoms with van der Waals surface area (Å²) in [7, 11) is 0. The van der Waals surface area contributed by atoms with Crippen LogP contribution in [0.3, 0.4) is 0 Å². The van der Waals surface area contributed by atoms with Gasteiger partial charge < -0.3 is 10.2 Å². The minimum atomic E-state index is -0.685. The topological polar surface area (TPSA) is 49.4 Å². The quantitative estimate of drug-likeness (QED) is 0.589. The molecule has 3 rings (SSSR count). The van der Waals surface area contributed by atoms with E-state index in [-0.39, 0.29) is 24.2 Å². The van der Waals surface area contributed by atoms with Gasteiger partial charge in [0.2, 0.25) is 11.8 Å². The summed E-state index contributed by atoms with van der Waals surface area (Å²) in [6.45, 7) is 4.07. The highest BCUT2D eigenvalue weighted by atomic mass is 19.1. The lowest BCUT2D eigenvalue weighted by Crippen LogP contribution is -2.49. The Labute approximate surface area is 182 Å². The Balaban J connectivity index is 1.81. The molecular formula is C26H27FN2O2. The fourth-order valence-corrected chi connectivity index (χ4v) is 3.42. The lowest BCUT2D eigenvalue weighted by molar-refractivity contribution is -0.139. The van der Waals surface area contributed by atoms with Crippen LogP contribution in [0.2, 0.25) is 0 Å². The molecule has 0 aliphatic carbocycles. The van der Waals surface area contributed by atoms with Crippen molar-refractivity contribution in [3.05, 3.63) is 107 Å². The van der Waals surface area contributed by atoms with Crippen molar-refractivity contribution in [3.8, 4) is 0 Å². The molecule has 0 heterocycles. The molecule has 3 aromatic carbocycles. The first kappa shape index (κ1) is 22.2. The normalized spacial score (nSPS) is 11.6. The van der Waals surface area contributed by atoms with Crippen molar-refractivity contribution in [1.29, 1.82) is 0 Å². The maximum Gasteiger partial charge on any atom is 0.243 e. The number of nitrogens with one attached hydrogen (secondary N) is 1. The molecule has 4 nitrogen and oxygen atoms in total. The van der Waals surface area contributed by atoms with Gasteiger partial charge in [0.25, 0.3) is 0 Å². The van der Waals surface area contributed by atoms with Crippen molar-refractivity contribution in [2.24, 2.45) is 0 Å². The molecular weight excluding hydrogens is 391 g/mol. The Morgan fingerprint density at radius 1 is 0.871 bits per heavy atom. The molecule has 0 aromatic heterocycles. The van der Waals surface area contributed by atoms with Crippen LogP contribution in [0.1, 0.15) is 29.2 Å². The Morgan fingerprint density at radius 3 is 2.10 bits per heavy atom. The van der Waals surface area contributed by atoms with Gasteiger partial charge in [0.1, 0.15) is 11.9 Å². The summed E-state index contributed by atoms with van der Waals surface area (Å²) in [5.74, 6) is -0.771. The average Bonchev–Trinajstić information content (AvgIpc) is 2.77. The summed E-state index contributed by atoms with van der Waals surface area (Å²) >= 11 is 0. The van der Waals surface area contributed by atoms with Gasteiger partial charge in [0.05, 0.1) is 0 Å². The minimum absolute atomic E-state index is 0.212. The molecule has 0 bridgehead atoms. The van der Waals surface area contributed by atoms with Crippen LogP contribution in [0.4, 0.5) is 4.39 Å². The van der Waals surface area contributed by atoms with E-state index in [9.17, 15) is 14.0 Å². The molecule has 0 saturated heterocycles. The van der Waals surface area contributed by atoms with Crippen molar-refractivity contribution in [1.82, 2.24) is 10.2 Å². The van der Waals surface area contributed by atoms with E-state index in [0.717, 1.165) is 22.3 Å². The van der Waals surface area contributed by atoms with Crippen LogP contribution < -0.4 is 5.32 Å². The van der Waals surface area contributed by atoms with Gasteiger partial charge in [-0.1, -0.05) is 72.3 Å². The fourth-order valence-electron chi connectivity index (χ4n) is 3.42. The minimum Gasteiger partial charge on any atom is -0.350 e. The molecule has 0 aliphatic heterocycles. The second kappa shape index (κ2) is 10.5. The molecule has 1 unspecified atom stereocenters. The maximum absolute atomic E-state index is 13.3. The third-order valence-corrected chi connectivity index (χ3v) is 5.21. The second-order valence-electron chi connectivity index (χ2n) is 7.68. The molecule has 3 aromatic rings. The molecule has 5 heteroatoms. The number of halogens is 1. The number of amides is 2. The molecule has 2 amide bonds. The first-order valence-electron chi connectivity index (χ1n) is 10.3. The van der Waals surface area contributed by atoms with E-state index in [1.54, 1.807) is 17.0 Å². The third-order valence-electron chi connectivity index (χ3n) is 5.21. The zero-order chi connectivity index (χ0) is 22.2. The zero-order valence-electron chi connectivity index (χ0n) is 17.8. The third kappa shape index (κ3) is 6.51. The largest absolute Gasteiger partial charge is 0.350 e. The Morgan fingerprint density at radius 2 is 1.48 bits per heavy atom. The van der Waals surface area contributed by atoms with E-state index in [0.29, 0.717) is 13.0 Å². The number of nitrogens with zero attached hydrogens (tertiary/aromatic N) is 1. The van der Waals surface area contributed by atoms with E-state index >= 15 is 0 Å². The van der Waals surface area contributed by atoms with Gasteiger partial charge in [0, 0.05) is 26.4 Å². The lowest BCUT2D eigenvalue weighted by atomic mass is 10.0. The van der Waals surface area contributed by atoms with E-state index in [4.69, 9.17) is 0 Å². The van der Waals surface area contributed by atoms with E-state index in [1.165, 1.54) is 19.1 Å². The molecule has 1 atom stereocenters. The molecule has 0 saturated carbocycles. The van der Waals surface area contributed by atoms with Crippen LogP contribution in [0.15, 0.2) is 78.9 Å². The smallest absolute Gasteiger partial charge is 0.243 e. The van der Waals surface area contributed by atoms with Crippen molar-refractivity contribution in [2.45, 2.75) is 39.4 Å². The van der Waals surface area contributed by atoms with Crippen LogP contribution in [0, 0.1) is 12.7 Å². The lowest BCUT2D eigenvalue weighted by Gasteiger charge is -2.30. The monoisotopic (exact) mass is 418 g/mol. The van der Waals surface area contributed by atoms with Crippen LogP contribution in [0.25, 0.3) is 0 Å². The molecule has 160 valence electrons. The Kier molecular flexibility index (Phi) is 7.55. The maximum atomic E-state index is 13.3. The SMILES string of the molecule is CC(=O)N(Cc1ccc(F)cc1)C(Cc1ccccc1)C(=O)NCc1ccc(C)cc1. The number of carbonyl (C=O) groups excluding carboxylic acids is 2. The summed E-state index contributed by atoms with van der Waals surface area (Å²) in [4.78, 5) is 27.3. The molecule has 1 N–H and O–H groups in total. The van der Waals surface area contributed by atoms with Crippen LogP contribution in [-0.4, -0.2) is 22.8 Å². The van der Waals surface area contributed by atoms with Gasteiger partial charge in [-0.25, -0.2) is 4.39 Å². The highest BCUT2D eigenvalue weighted by Gasteiger charge is 2.28. The second-order valence-corrected chi connectivity index (χ2v) is 7.68. The van der Waals surface area contributed by atoms with Gasteiger partial charge in [-0.3, -0.25) is 9.59 Å². The highest BCUT2D eigenvalue weighted by molar-refractivity contribution is 5.87. The first-order valence-corrected chi connectivity index (χ1v) is 10.3. The van der Waals surface area contributed by atoms with Gasteiger partial charge in [0.15, 0.2) is 0 Å². The van der Waals surface area contributed by atoms with Crippen LogP contribution in [0.5, 0.6) is 0 Å². The molecule has 0 radical (unpaired) electrons. The van der Waals surface area contributed by atoms with Gasteiger partial charge in [-0.2, -0.15) is 0 Å². The molecule has 0 fully saturated rings. The summed E-state index contributed by atoms with van der Waals surface area (Å²) in [6, 6.07) is 22.9. The highest BCUT2D eigenvalue weighted by Crippen LogP contribution is 2.15. The number of rotatable bonds is 8. The summed E-state index contributed by atoms with van der Waals surface area (Å²) < 4.78 is 13.3. The zero-order valence-corrected chi connectivity index (χ0v) is 17.8. The Bertz CT molecular complexity index is 1000. The summed E-state index contributed by atoms with van der Waals surface area (Å²) in [5, 5.41) is 2.98. The molecule has 31 heavy (non-hydrogen) atoms. The van der Waals surface area contributed by atoms with Gasteiger partial charge >= 0.3 is 0 Å². The van der Waals surface area contributed by atoms with Crippen molar-refractivity contribution >= 4 is 11.8 Å². The number of benzene rings is 3. The average molecular weight is 419 g/mol. The first-order chi connectivity index (χ1) is 14.9. The summed E-state index contributed by atoms with van der Waals surface area (Å²) in [5.41, 5.74) is 3.87. The fraction of sp³-hybridized carbons (Fsp3) is 0.231. The number of hydrogen-bond acceptors (Lipinski definition) is 2. The van der Waals surface area contributed by atoms with Crippen molar-refractivity contribution in [2.75, 3.05) is 0 Å². The number of carbonyl (C=O) groups is 2. The molecule has 0 aliphatic rings. The number of aryl methyl sites for hydroxylation is 1. The molecule has 0 spiro atoms. The van der Waals surface area contributed by atoms with Crippen molar-refractivity contribution in [3.63, 3.8) is 0 Å². The predicted molar refractivity (Wildman–Crippen MR) is 120 cm³/mol. The van der Waals surface area contributed by atoms with Crippen LogP contribution >= 0.6 is 0 Å². The van der Waals surface area contributed by atoms with Crippen molar-refractivity contribution < 1.29 is 14.0 Å². The Hall–Kier alpha value is -3.47. The predicted octanol–water partition coefficient (Wildman–Crippen LogP) is 4.41. The number of hydrogen-bond donors (Lipinski definition) is 1. The van der Waals surface area contributed by atoms with E-state index in [1.807, 2.05) is 61.5 Å². The van der Waals surface area contributed by atoms with Crippen LogP contribution in [-0.2, 0) is 29.1 Å².